The number of nitrogens with zero attached hydrogens (tertiary/aromatic N) is 6. The van der Waals surface area contributed by atoms with Crippen LogP contribution >= 0.6 is 0 Å². The first-order chi connectivity index (χ1) is 19.1. The van der Waals surface area contributed by atoms with E-state index in [1.807, 2.05) is 0 Å². The lowest BCUT2D eigenvalue weighted by Gasteiger charge is -2.29. The average Bonchev–Trinajstić information content (AvgIpc) is 3.59. The number of amides is 2. The molecule has 1 fully saturated rings. The molecule has 0 bridgehead atoms. The first kappa shape index (κ1) is 27.3. The molecule has 1 aliphatic heterocycles. The van der Waals surface area contributed by atoms with Gasteiger partial charge in [-0.05, 0) is 71.5 Å². The Labute approximate surface area is 226 Å². The van der Waals surface area contributed by atoms with Crippen LogP contribution in [0, 0.1) is 0 Å². The number of nitrogens with one attached hydrogen (secondary N) is 1. The third-order valence-corrected chi connectivity index (χ3v) is 6.87. The van der Waals surface area contributed by atoms with Gasteiger partial charge in [0.05, 0.1) is 24.8 Å². The number of anilines is 1. The zero-order valence-corrected chi connectivity index (χ0v) is 21.4. The monoisotopic (exact) mass is 561 g/mol. The summed E-state index contributed by atoms with van der Waals surface area (Å²) in [7, 11) is 1.41. The molecular formula is C25H26F3N7O5. The molecule has 2 aliphatic rings. The van der Waals surface area contributed by atoms with Crippen LogP contribution in [-0.2, 0) is 17.7 Å². The minimum absolute atomic E-state index is 0.0281. The lowest BCUT2D eigenvalue weighted by Crippen LogP contribution is -2.38. The number of alkyl halides is 3. The number of ether oxygens (including phenoxy) is 2. The van der Waals surface area contributed by atoms with E-state index in [1.165, 1.54) is 7.11 Å². The molecule has 1 aliphatic carbocycles. The van der Waals surface area contributed by atoms with Crippen molar-refractivity contribution in [2.45, 2.75) is 50.6 Å². The Hall–Kier alpha value is -4.27. The highest BCUT2D eigenvalue weighted by atomic mass is 19.4. The van der Waals surface area contributed by atoms with Crippen molar-refractivity contribution in [3.05, 3.63) is 47.0 Å². The van der Waals surface area contributed by atoms with Gasteiger partial charge in [-0.1, -0.05) is 6.07 Å². The molecule has 0 unspecified atom stereocenters. The molecule has 2 aromatic heterocycles. The molecule has 12 nitrogen and oxygen atoms in total. The molecular weight excluding hydrogens is 535 g/mol. The van der Waals surface area contributed by atoms with Crippen molar-refractivity contribution in [1.82, 2.24) is 30.1 Å². The summed E-state index contributed by atoms with van der Waals surface area (Å²) in [4.78, 5) is 31.1. The van der Waals surface area contributed by atoms with E-state index in [0.29, 0.717) is 35.7 Å². The number of rotatable bonds is 6. The Morgan fingerprint density at radius 2 is 2.02 bits per heavy atom. The Bertz CT molecular complexity index is 1410. The maximum Gasteiger partial charge on any atom is 0.422 e. The van der Waals surface area contributed by atoms with E-state index in [1.54, 1.807) is 35.0 Å². The summed E-state index contributed by atoms with van der Waals surface area (Å²) in [6.07, 6.45) is -3.69. The fraction of sp³-hybridized carbons (Fsp3) is 0.440. The SMILES string of the molecule is COc1cc2c(cc1C(=O)Nc1cccc(-c3nnnn3[C@@H]3CCC[C@@H]3O)n1)CN(C(=O)OCC(F)(F)F)CC2. The maximum absolute atomic E-state index is 13.3. The van der Waals surface area contributed by atoms with Crippen LogP contribution in [0.2, 0.25) is 0 Å². The molecule has 5 rings (SSSR count). The Kier molecular flexibility index (Phi) is 7.56. The highest BCUT2D eigenvalue weighted by Gasteiger charge is 2.33. The van der Waals surface area contributed by atoms with Gasteiger partial charge in [-0.25, -0.2) is 14.5 Å². The van der Waals surface area contributed by atoms with Gasteiger partial charge in [0.1, 0.15) is 17.3 Å². The number of fused-ring (bicyclic) bond motifs is 1. The molecule has 3 aromatic rings. The number of aliphatic hydroxyl groups is 1. The van der Waals surface area contributed by atoms with Gasteiger partial charge >= 0.3 is 12.3 Å². The van der Waals surface area contributed by atoms with Crippen LogP contribution in [0.25, 0.3) is 11.5 Å². The van der Waals surface area contributed by atoms with Gasteiger partial charge in [-0.3, -0.25) is 4.79 Å². The van der Waals surface area contributed by atoms with Crippen molar-refractivity contribution in [3.63, 3.8) is 0 Å². The molecule has 2 N–H and O–H groups in total. The van der Waals surface area contributed by atoms with Crippen molar-refractivity contribution in [3.8, 4) is 17.3 Å². The molecule has 0 spiro atoms. The van der Waals surface area contributed by atoms with Crippen molar-refractivity contribution in [2.24, 2.45) is 0 Å². The van der Waals surface area contributed by atoms with Crippen LogP contribution in [0.1, 0.15) is 46.8 Å². The van der Waals surface area contributed by atoms with Gasteiger partial charge in [-0.2, -0.15) is 13.2 Å². The molecule has 0 radical (unpaired) electrons. The molecule has 40 heavy (non-hydrogen) atoms. The molecule has 1 saturated carbocycles. The highest BCUT2D eigenvalue weighted by molar-refractivity contribution is 6.06. The molecule has 3 heterocycles. The predicted molar refractivity (Wildman–Crippen MR) is 132 cm³/mol. The number of benzene rings is 1. The van der Waals surface area contributed by atoms with Crippen LogP contribution in [0.4, 0.5) is 23.8 Å². The van der Waals surface area contributed by atoms with Gasteiger partial charge in [0.25, 0.3) is 5.91 Å². The van der Waals surface area contributed by atoms with Crippen LogP contribution < -0.4 is 10.1 Å². The van der Waals surface area contributed by atoms with Crippen LogP contribution in [0.3, 0.4) is 0 Å². The van der Waals surface area contributed by atoms with Crippen molar-refractivity contribution in [2.75, 3.05) is 25.6 Å². The number of carbonyl (C=O) groups excluding carboxylic acids is 2. The number of tetrazole rings is 1. The van der Waals surface area contributed by atoms with Gasteiger partial charge in [0.15, 0.2) is 6.61 Å². The van der Waals surface area contributed by atoms with Crippen molar-refractivity contribution in [1.29, 1.82) is 0 Å². The lowest BCUT2D eigenvalue weighted by molar-refractivity contribution is -0.162. The zero-order chi connectivity index (χ0) is 28.4. The molecule has 15 heteroatoms. The number of aliphatic hydroxyl groups excluding tert-OH is 1. The van der Waals surface area contributed by atoms with E-state index < -0.39 is 30.9 Å². The largest absolute Gasteiger partial charge is 0.496 e. The summed E-state index contributed by atoms with van der Waals surface area (Å²) in [5, 5.41) is 24.8. The van der Waals surface area contributed by atoms with E-state index in [9.17, 15) is 27.9 Å². The number of methoxy groups -OCH3 is 1. The average molecular weight is 562 g/mol. The molecule has 1 aromatic carbocycles. The predicted octanol–water partition coefficient (Wildman–Crippen LogP) is 3.14. The second-order valence-corrected chi connectivity index (χ2v) is 9.54. The van der Waals surface area contributed by atoms with Crippen LogP contribution in [0.5, 0.6) is 5.75 Å². The quantitative estimate of drug-likeness (QED) is 0.464. The molecule has 0 saturated heterocycles. The normalized spacial score (nSPS) is 18.8. The minimum Gasteiger partial charge on any atom is -0.496 e. The number of pyridine rings is 1. The van der Waals surface area contributed by atoms with Gasteiger partial charge in [0.2, 0.25) is 5.82 Å². The lowest BCUT2D eigenvalue weighted by atomic mass is 9.96. The summed E-state index contributed by atoms with van der Waals surface area (Å²) in [5.74, 6) is 0.304. The standard InChI is InChI=1S/C25H26F3N7O5/c1-39-20-11-14-8-9-34(24(38)40-13-25(26,27)28)12-15(14)10-16(20)23(37)30-21-7-2-4-17(29-21)22-31-32-33-35(22)18-5-3-6-19(18)36/h2,4,7,10-11,18-19,36H,3,5-6,8-9,12-13H2,1H3,(H,29,30,37)/t18-,19+/m1/s1. The topological polar surface area (TPSA) is 145 Å². The van der Waals surface area contributed by atoms with Crippen LogP contribution in [0.15, 0.2) is 30.3 Å². The van der Waals surface area contributed by atoms with E-state index in [2.05, 4.69) is 30.6 Å². The summed E-state index contributed by atoms with van der Waals surface area (Å²) < 4.78 is 48.7. The Morgan fingerprint density at radius 1 is 1.20 bits per heavy atom. The molecule has 2 amide bonds. The molecule has 2 atom stereocenters. The van der Waals surface area contributed by atoms with Crippen molar-refractivity contribution < 1.29 is 37.3 Å². The van der Waals surface area contributed by atoms with E-state index in [-0.39, 0.29) is 30.5 Å². The maximum atomic E-state index is 13.3. The van der Waals surface area contributed by atoms with Crippen molar-refractivity contribution >= 4 is 17.8 Å². The third kappa shape index (κ3) is 5.83. The summed E-state index contributed by atoms with van der Waals surface area (Å²) in [5.41, 5.74) is 1.93. The van der Waals surface area contributed by atoms with Gasteiger partial charge in [-0.15, -0.1) is 5.10 Å². The van der Waals surface area contributed by atoms with Gasteiger partial charge in [0, 0.05) is 13.1 Å². The summed E-state index contributed by atoms with van der Waals surface area (Å²) in [6, 6.07) is 7.90. The first-order valence-corrected chi connectivity index (χ1v) is 12.6. The summed E-state index contributed by atoms with van der Waals surface area (Å²) >= 11 is 0. The highest BCUT2D eigenvalue weighted by Crippen LogP contribution is 2.32. The molecule has 212 valence electrons. The van der Waals surface area contributed by atoms with E-state index in [4.69, 9.17) is 4.74 Å². The second kappa shape index (κ2) is 11.1. The number of halogens is 3. The van der Waals surface area contributed by atoms with Gasteiger partial charge < -0.3 is 24.8 Å². The fourth-order valence-corrected chi connectivity index (χ4v) is 4.93. The zero-order valence-electron chi connectivity index (χ0n) is 21.4. The van der Waals surface area contributed by atoms with E-state index >= 15 is 0 Å². The number of aromatic nitrogens is 5. The minimum atomic E-state index is -4.63. The fourth-order valence-electron chi connectivity index (χ4n) is 4.93. The number of carbonyl (C=O) groups is 2. The number of hydrogen-bond donors (Lipinski definition) is 2. The first-order valence-electron chi connectivity index (χ1n) is 12.6. The number of hydrogen-bond acceptors (Lipinski definition) is 9. The summed E-state index contributed by atoms with van der Waals surface area (Å²) in [6.45, 7) is -1.54. The van der Waals surface area contributed by atoms with Crippen LogP contribution in [-0.4, -0.2) is 79.7 Å². The Balaban J connectivity index is 1.34. The second-order valence-electron chi connectivity index (χ2n) is 9.54. The third-order valence-electron chi connectivity index (χ3n) is 6.87. The smallest absolute Gasteiger partial charge is 0.422 e. The van der Waals surface area contributed by atoms with E-state index in [0.717, 1.165) is 23.3 Å². The Morgan fingerprint density at radius 3 is 2.75 bits per heavy atom.